The van der Waals surface area contributed by atoms with Crippen LogP contribution in [0.25, 0.3) is 0 Å². The Kier molecular flexibility index (Phi) is 5.53. The fourth-order valence-corrected chi connectivity index (χ4v) is 1.76. The van der Waals surface area contributed by atoms with Gasteiger partial charge in [-0.05, 0) is 13.3 Å². The van der Waals surface area contributed by atoms with Gasteiger partial charge in [-0.15, -0.1) is 0 Å². The fraction of sp³-hybridized carbons (Fsp3) is 0.583. The van der Waals surface area contributed by atoms with Gasteiger partial charge in [0.05, 0.1) is 13.0 Å². The van der Waals surface area contributed by atoms with E-state index in [1.807, 2.05) is 17.0 Å². The summed E-state index contributed by atoms with van der Waals surface area (Å²) >= 11 is 0. The van der Waals surface area contributed by atoms with Crippen molar-refractivity contribution in [3.05, 3.63) is 11.4 Å². The number of nitriles is 2. The normalized spacial score (nSPS) is 14.2. The molecule has 1 rings (SSSR count). The van der Waals surface area contributed by atoms with Gasteiger partial charge in [-0.1, -0.05) is 0 Å². The number of nitrogens with zero attached hydrogens (tertiary/aromatic N) is 3. The van der Waals surface area contributed by atoms with Gasteiger partial charge in [-0.3, -0.25) is 4.79 Å². The average molecular weight is 248 g/mol. The quantitative estimate of drug-likeness (QED) is 0.575. The zero-order valence-corrected chi connectivity index (χ0v) is 10.4. The molecule has 96 valence electrons. The van der Waals surface area contributed by atoms with E-state index in [9.17, 15) is 4.79 Å². The molecule has 18 heavy (non-hydrogen) atoms. The number of carbonyl (C=O) groups is 1. The molecule has 1 fully saturated rings. The maximum Gasteiger partial charge on any atom is 0.307 e. The van der Waals surface area contributed by atoms with Crippen molar-refractivity contribution in [2.24, 2.45) is 0 Å². The van der Waals surface area contributed by atoms with E-state index in [0.29, 0.717) is 19.0 Å². The van der Waals surface area contributed by atoms with Gasteiger partial charge >= 0.3 is 5.97 Å². The van der Waals surface area contributed by atoms with E-state index < -0.39 is 0 Å². The molecule has 0 unspecified atom stereocenters. The highest BCUT2D eigenvalue weighted by atomic mass is 16.5. The Labute approximate surface area is 106 Å². The molecule has 1 heterocycles. The van der Waals surface area contributed by atoms with Crippen LogP contribution in [0.4, 0.5) is 0 Å². The summed E-state index contributed by atoms with van der Waals surface area (Å²) in [5, 5.41) is 20.8. The standard InChI is InChI=1S/C12H16N4O2/c1-2-18-11(17)4-7-16-6-3-5-15-12(16)10(8-13)9-14/h15H,2-7H2,1H3. The van der Waals surface area contributed by atoms with Crippen molar-refractivity contribution in [3.8, 4) is 12.1 Å². The Hall–Kier alpha value is -2.21. The molecule has 1 N–H and O–H groups in total. The van der Waals surface area contributed by atoms with Gasteiger partial charge in [0.15, 0.2) is 5.57 Å². The number of nitrogens with one attached hydrogen (secondary N) is 1. The van der Waals surface area contributed by atoms with Crippen LogP contribution in [0.1, 0.15) is 19.8 Å². The van der Waals surface area contributed by atoms with E-state index in [0.717, 1.165) is 19.5 Å². The lowest BCUT2D eigenvalue weighted by atomic mass is 10.2. The summed E-state index contributed by atoms with van der Waals surface area (Å²) in [4.78, 5) is 13.1. The van der Waals surface area contributed by atoms with E-state index in [2.05, 4.69) is 5.32 Å². The molecule has 0 spiro atoms. The van der Waals surface area contributed by atoms with Crippen molar-refractivity contribution in [3.63, 3.8) is 0 Å². The Morgan fingerprint density at radius 2 is 2.22 bits per heavy atom. The van der Waals surface area contributed by atoms with E-state index in [1.165, 1.54) is 0 Å². The molecule has 0 aromatic heterocycles. The van der Waals surface area contributed by atoms with Crippen LogP contribution in [-0.2, 0) is 9.53 Å². The van der Waals surface area contributed by atoms with E-state index in [-0.39, 0.29) is 18.0 Å². The Balaban J connectivity index is 2.67. The molecule has 0 aromatic carbocycles. The molecule has 0 saturated carbocycles. The number of ether oxygens (including phenoxy) is 1. The molecular formula is C12H16N4O2. The van der Waals surface area contributed by atoms with Gasteiger partial charge in [0.2, 0.25) is 0 Å². The van der Waals surface area contributed by atoms with Gasteiger partial charge in [0, 0.05) is 19.6 Å². The van der Waals surface area contributed by atoms with Crippen molar-refractivity contribution in [1.82, 2.24) is 10.2 Å². The van der Waals surface area contributed by atoms with Crippen LogP contribution in [0.5, 0.6) is 0 Å². The third-order valence-corrected chi connectivity index (χ3v) is 2.57. The second-order valence-electron chi connectivity index (χ2n) is 3.77. The van der Waals surface area contributed by atoms with Crippen molar-refractivity contribution in [1.29, 1.82) is 10.5 Å². The van der Waals surface area contributed by atoms with E-state index in [1.54, 1.807) is 6.92 Å². The maximum absolute atomic E-state index is 11.3. The molecule has 0 bridgehead atoms. The van der Waals surface area contributed by atoms with Crippen LogP contribution >= 0.6 is 0 Å². The van der Waals surface area contributed by atoms with Gasteiger partial charge < -0.3 is 15.0 Å². The second kappa shape index (κ2) is 7.18. The number of esters is 1. The van der Waals surface area contributed by atoms with Crippen molar-refractivity contribution in [2.75, 3.05) is 26.2 Å². The zero-order valence-electron chi connectivity index (χ0n) is 10.4. The summed E-state index contributed by atoms with van der Waals surface area (Å²) in [6, 6.07) is 3.72. The number of carbonyl (C=O) groups excluding carboxylic acids is 1. The summed E-state index contributed by atoms with van der Waals surface area (Å²) < 4.78 is 4.85. The van der Waals surface area contributed by atoms with Crippen molar-refractivity contribution >= 4 is 5.97 Å². The minimum absolute atomic E-state index is 0.0542. The Morgan fingerprint density at radius 3 is 2.83 bits per heavy atom. The molecule has 0 aliphatic carbocycles. The number of hydrogen-bond donors (Lipinski definition) is 1. The van der Waals surface area contributed by atoms with E-state index in [4.69, 9.17) is 15.3 Å². The fourth-order valence-electron chi connectivity index (χ4n) is 1.76. The first-order valence-electron chi connectivity index (χ1n) is 5.91. The first-order valence-corrected chi connectivity index (χ1v) is 5.91. The number of hydrogen-bond acceptors (Lipinski definition) is 6. The SMILES string of the molecule is CCOC(=O)CCN1CCCNC1=C(C#N)C#N. The molecule has 1 aliphatic heterocycles. The summed E-state index contributed by atoms with van der Waals surface area (Å²) in [6.07, 6.45) is 1.17. The predicted octanol–water partition coefficient (Wildman–Crippen LogP) is 0.494. The molecule has 1 aliphatic rings. The van der Waals surface area contributed by atoms with E-state index >= 15 is 0 Å². The van der Waals surface area contributed by atoms with Crippen LogP contribution in [0, 0.1) is 22.7 Å². The van der Waals surface area contributed by atoms with Gasteiger partial charge in [0.1, 0.15) is 18.0 Å². The third kappa shape index (κ3) is 3.67. The third-order valence-electron chi connectivity index (χ3n) is 2.57. The minimum atomic E-state index is -0.266. The van der Waals surface area contributed by atoms with Crippen LogP contribution < -0.4 is 5.32 Å². The van der Waals surface area contributed by atoms with Gasteiger partial charge in [-0.2, -0.15) is 10.5 Å². The molecule has 0 amide bonds. The summed E-state index contributed by atoms with van der Waals surface area (Å²) in [7, 11) is 0. The maximum atomic E-state index is 11.3. The lowest BCUT2D eigenvalue weighted by Crippen LogP contribution is -2.41. The highest BCUT2D eigenvalue weighted by molar-refractivity contribution is 5.69. The molecule has 1 saturated heterocycles. The average Bonchev–Trinajstić information content (AvgIpc) is 2.39. The number of allylic oxidation sites excluding steroid dienone is 1. The lowest BCUT2D eigenvalue weighted by molar-refractivity contribution is -0.143. The van der Waals surface area contributed by atoms with Crippen LogP contribution in [0.15, 0.2) is 11.4 Å². The predicted molar refractivity (Wildman–Crippen MR) is 63.7 cm³/mol. The zero-order chi connectivity index (χ0) is 13.4. The number of rotatable bonds is 4. The molecule has 6 nitrogen and oxygen atoms in total. The topological polar surface area (TPSA) is 89.2 Å². The highest BCUT2D eigenvalue weighted by Crippen LogP contribution is 2.12. The minimum Gasteiger partial charge on any atom is -0.466 e. The van der Waals surface area contributed by atoms with Crippen molar-refractivity contribution in [2.45, 2.75) is 19.8 Å². The lowest BCUT2D eigenvalue weighted by Gasteiger charge is -2.32. The summed E-state index contributed by atoms with van der Waals surface area (Å²) in [5.74, 6) is 0.258. The first-order chi connectivity index (χ1) is 8.72. The smallest absolute Gasteiger partial charge is 0.307 e. The molecular weight excluding hydrogens is 232 g/mol. The largest absolute Gasteiger partial charge is 0.466 e. The van der Waals surface area contributed by atoms with Gasteiger partial charge in [0.25, 0.3) is 0 Å². The van der Waals surface area contributed by atoms with Crippen LogP contribution in [0.2, 0.25) is 0 Å². The summed E-state index contributed by atoms with van der Waals surface area (Å²) in [5.41, 5.74) is 0.0542. The van der Waals surface area contributed by atoms with Gasteiger partial charge in [-0.25, -0.2) is 0 Å². The molecule has 0 radical (unpaired) electrons. The van der Waals surface area contributed by atoms with Crippen molar-refractivity contribution < 1.29 is 9.53 Å². The molecule has 0 aromatic rings. The molecule has 0 atom stereocenters. The highest BCUT2D eigenvalue weighted by Gasteiger charge is 2.19. The first kappa shape index (κ1) is 13.9. The molecule has 6 heteroatoms. The Bertz CT molecular complexity index is 401. The Morgan fingerprint density at radius 1 is 1.50 bits per heavy atom. The van der Waals surface area contributed by atoms with Crippen LogP contribution in [-0.4, -0.2) is 37.1 Å². The second-order valence-corrected chi connectivity index (χ2v) is 3.77. The monoisotopic (exact) mass is 248 g/mol. The summed E-state index contributed by atoms with van der Waals surface area (Å²) in [6.45, 7) is 4.04. The van der Waals surface area contributed by atoms with Crippen LogP contribution in [0.3, 0.4) is 0 Å².